The average Bonchev–Trinajstić information content (AvgIpc) is 3.12. The fourth-order valence-corrected chi connectivity index (χ4v) is 4.28. The molecule has 0 saturated carbocycles. The lowest BCUT2D eigenvalue weighted by atomic mass is 9.85. The van der Waals surface area contributed by atoms with Gasteiger partial charge in [-0.3, -0.25) is 4.98 Å². The van der Waals surface area contributed by atoms with Gasteiger partial charge < -0.3 is 5.11 Å². The van der Waals surface area contributed by atoms with Crippen LogP contribution < -0.4 is 0 Å². The van der Waals surface area contributed by atoms with Gasteiger partial charge >= 0.3 is 6.18 Å². The first-order valence-electron chi connectivity index (χ1n) is 10.4. The standard InChI is InChI=1S/C25H22F5NO/c1-13(2)24-22(23(27)15-3-7-16(8-4-15)25(28,29)30)20(14-5-9-17(26)10-6-14)21-18(31-24)11-12-19(21)32/h3-10,13,19,23,32H,11-12H2,1-2H3. The lowest BCUT2D eigenvalue weighted by molar-refractivity contribution is -0.137. The van der Waals surface area contributed by atoms with E-state index in [0.29, 0.717) is 40.9 Å². The number of halogens is 5. The van der Waals surface area contributed by atoms with Crippen LogP contribution in [0.1, 0.15) is 72.1 Å². The van der Waals surface area contributed by atoms with Crippen molar-refractivity contribution in [1.82, 2.24) is 4.98 Å². The maximum atomic E-state index is 16.1. The van der Waals surface area contributed by atoms with Crippen LogP contribution in [0.3, 0.4) is 0 Å². The Morgan fingerprint density at radius 2 is 1.62 bits per heavy atom. The number of alkyl halides is 4. The summed E-state index contributed by atoms with van der Waals surface area (Å²) < 4.78 is 68.5. The van der Waals surface area contributed by atoms with Crippen LogP contribution in [0.25, 0.3) is 11.1 Å². The Kier molecular flexibility index (Phi) is 5.79. The maximum Gasteiger partial charge on any atom is 0.416 e. The molecule has 1 aliphatic carbocycles. The summed E-state index contributed by atoms with van der Waals surface area (Å²) in [6.07, 6.45) is -6.18. The minimum Gasteiger partial charge on any atom is -0.388 e. The number of nitrogens with zero attached hydrogens (tertiary/aromatic N) is 1. The first-order valence-corrected chi connectivity index (χ1v) is 10.4. The van der Waals surface area contributed by atoms with E-state index < -0.39 is 29.8 Å². The number of pyridine rings is 1. The summed E-state index contributed by atoms with van der Waals surface area (Å²) in [7, 11) is 0. The van der Waals surface area contributed by atoms with Gasteiger partial charge in [0.15, 0.2) is 6.17 Å². The molecule has 0 spiro atoms. The van der Waals surface area contributed by atoms with E-state index in [1.807, 2.05) is 13.8 Å². The number of aliphatic hydroxyl groups is 1. The van der Waals surface area contributed by atoms with Gasteiger partial charge in [0, 0.05) is 16.8 Å². The van der Waals surface area contributed by atoms with Gasteiger partial charge in [0.05, 0.1) is 17.4 Å². The fourth-order valence-electron chi connectivity index (χ4n) is 4.28. The molecular formula is C25H22F5NO. The molecule has 1 heterocycles. The van der Waals surface area contributed by atoms with E-state index in [0.717, 1.165) is 24.3 Å². The zero-order valence-corrected chi connectivity index (χ0v) is 17.5. The Balaban J connectivity index is 1.95. The van der Waals surface area contributed by atoms with Crippen LogP contribution in [0.15, 0.2) is 48.5 Å². The molecule has 0 radical (unpaired) electrons. The molecule has 0 aliphatic heterocycles. The molecule has 2 nitrogen and oxygen atoms in total. The smallest absolute Gasteiger partial charge is 0.388 e. The maximum absolute atomic E-state index is 16.1. The highest BCUT2D eigenvalue weighted by Crippen LogP contribution is 2.46. The van der Waals surface area contributed by atoms with Crippen molar-refractivity contribution in [2.75, 3.05) is 0 Å². The largest absolute Gasteiger partial charge is 0.416 e. The molecule has 1 N–H and O–H groups in total. The van der Waals surface area contributed by atoms with Crippen LogP contribution >= 0.6 is 0 Å². The number of aliphatic hydroxyl groups excluding tert-OH is 1. The zero-order valence-electron chi connectivity index (χ0n) is 17.5. The van der Waals surface area contributed by atoms with Crippen LogP contribution in [0.2, 0.25) is 0 Å². The van der Waals surface area contributed by atoms with Gasteiger partial charge in [-0.2, -0.15) is 13.2 Å². The van der Waals surface area contributed by atoms with Gasteiger partial charge in [-0.05, 0) is 59.7 Å². The summed E-state index contributed by atoms with van der Waals surface area (Å²) in [6, 6.07) is 9.49. The van der Waals surface area contributed by atoms with Gasteiger partial charge in [0.1, 0.15) is 5.82 Å². The summed E-state index contributed by atoms with van der Waals surface area (Å²) in [6.45, 7) is 3.72. The van der Waals surface area contributed by atoms with E-state index in [-0.39, 0.29) is 17.0 Å². The van der Waals surface area contributed by atoms with E-state index in [1.54, 1.807) is 0 Å². The Morgan fingerprint density at radius 3 is 2.19 bits per heavy atom. The summed E-state index contributed by atoms with van der Waals surface area (Å²) in [5.41, 5.74) is 2.01. The van der Waals surface area contributed by atoms with Gasteiger partial charge in [-0.1, -0.05) is 38.1 Å². The van der Waals surface area contributed by atoms with Gasteiger partial charge in [-0.15, -0.1) is 0 Å². The molecule has 3 aromatic rings. The topological polar surface area (TPSA) is 33.1 Å². The number of hydrogen-bond acceptors (Lipinski definition) is 2. The molecule has 1 aromatic heterocycles. The Hall–Kier alpha value is -2.80. The number of benzene rings is 2. The number of aryl methyl sites for hydroxylation is 1. The summed E-state index contributed by atoms with van der Waals surface area (Å²) in [5, 5.41) is 10.6. The van der Waals surface area contributed by atoms with Crippen molar-refractivity contribution in [3.8, 4) is 11.1 Å². The quantitative estimate of drug-likeness (QED) is 0.434. The molecule has 7 heteroatoms. The minimum atomic E-state index is -4.52. The van der Waals surface area contributed by atoms with Crippen molar-refractivity contribution in [1.29, 1.82) is 0 Å². The van der Waals surface area contributed by atoms with Gasteiger partial charge in [-0.25, -0.2) is 8.78 Å². The van der Waals surface area contributed by atoms with Crippen molar-refractivity contribution < 1.29 is 27.1 Å². The highest BCUT2D eigenvalue weighted by molar-refractivity contribution is 5.75. The lowest BCUT2D eigenvalue weighted by Crippen LogP contribution is -2.12. The first kappa shape index (κ1) is 22.4. The van der Waals surface area contributed by atoms with Crippen LogP contribution in [0.5, 0.6) is 0 Å². The average molecular weight is 447 g/mol. The molecule has 2 atom stereocenters. The highest BCUT2D eigenvalue weighted by atomic mass is 19.4. The number of hydrogen-bond donors (Lipinski definition) is 1. The molecule has 0 bridgehead atoms. The summed E-state index contributed by atoms with van der Waals surface area (Å²) in [4.78, 5) is 4.66. The third-order valence-corrected chi connectivity index (χ3v) is 5.83. The van der Waals surface area contributed by atoms with Gasteiger partial charge in [0.2, 0.25) is 0 Å². The molecular weight excluding hydrogens is 425 g/mol. The molecule has 2 unspecified atom stereocenters. The second kappa shape index (κ2) is 8.28. The number of rotatable bonds is 4. The fraction of sp³-hybridized carbons (Fsp3) is 0.320. The summed E-state index contributed by atoms with van der Waals surface area (Å²) >= 11 is 0. The van der Waals surface area contributed by atoms with E-state index in [4.69, 9.17) is 0 Å². The monoisotopic (exact) mass is 447 g/mol. The molecule has 1 aliphatic rings. The van der Waals surface area contributed by atoms with Crippen molar-refractivity contribution >= 4 is 0 Å². The van der Waals surface area contributed by atoms with E-state index in [1.165, 1.54) is 24.3 Å². The summed E-state index contributed by atoms with van der Waals surface area (Å²) in [5.74, 6) is -0.634. The normalized spacial score (nSPS) is 17.0. The van der Waals surface area contributed by atoms with E-state index >= 15 is 4.39 Å². The second-order valence-electron chi connectivity index (χ2n) is 8.34. The molecule has 0 saturated heterocycles. The number of aromatic nitrogens is 1. The minimum absolute atomic E-state index is 0.0532. The highest BCUT2D eigenvalue weighted by Gasteiger charge is 2.34. The van der Waals surface area contributed by atoms with Crippen molar-refractivity contribution in [3.05, 3.63) is 88.0 Å². The second-order valence-corrected chi connectivity index (χ2v) is 8.34. The van der Waals surface area contributed by atoms with E-state index in [9.17, 15) is 22.7 Å². The Labute approximate surface area is 182 Å². The van der Waals surface area contributed by atoms with Crippen molar-refractivity contribution in [3.63, 3.8) is 0 Å². The van der Waals surface area contributed by atoms with Crippen LogP contribution in [0, 0.1) is 5.82 Å². The predicted octanol–water partition coefficient (Wildman–Crippen LogP) is 7.07. The van der Waals surface area contributed by atoms with Crippen LogP contribution in [-0.2, 0) is 12.6 Å². The van der Waals surface area contributed by atoms with Crippen LogP contribution in [0.4, 0.5) is 22.0 Å². The van der Waals surface area contributed by atoms with E-state index in [2.05, 4.69) is 4.98 Å². The molecule has 2 aromatic carbocycles. The Bertz CT molecular complexity index is 1120. The van der Waals surface area contributed by atoms with Crippen molar-refractivity contribution in [2.24, 2.45) is 0 Å². The lowest BCUT2D eigenvalue weighted by Gasteiger charge is -2.24. The first-order chi connectivity index (χ1) is 15.1. The van der Waals surface area contributed by atoms with Gasteiger partial charge in [0.25, 0.3) is 0 Å². The molecule has 0 amide bonds. The molecule has 32 heavy (non-hydrogen) atoms. The molecule has 168 valence electrons. The molecule has 0 fully saturated rings. The number of fused-ring (bicyclic) bond motifs is 1. The molecule has 4 rings (SSSR count). The zero-order chi connectivity index (χ0) is 23.2. The van der Waals surface area contributed by atoms with Crippen molar-refractivity contribution in [2.45, 2.75) is 51.1 Å². The third-order valence-electron chi connectivity index (χ3n) is 5.83. The van der Waals surface area contributed by atoms with Crippen LogP contribution in [-0.4, -0.2) is 10.1 Å². The predicted molar refractivity (Wildman–Crippen MR) is 111 cm³/mol. The third kappa shape index (κ3) is 4.01. The SMILES string of the molecule is CC(C)c1nc2c(c(-c3ccc(F)cc3)c1C(F)c1ccc(C(F)(F)F)cc1)C(O)CC2. The Morgan fingerprint density at radius 1 is 1.00 bits per heavy atom.